The van der Waals surface area contributed by atoms with Crippen LogP contribution in [-0.2, 0) is 9.59 Å². The van der Waals surface area contributed by atoms with Crippen molar-refractivity contribution in [2.24, 2.45) is 5.73 Å². The topological polar surface area (TPSA) is 99.9 Å². The van der Waals surface area contributed by atoms with Crippen molar-refractivity contribution in [1.29, 1.82) is 0 Å². The van der Waals surface area contributed by atoms with E-state index in [1.807, 2.05) is 12.1 Å². The quantitative estimate of drug-likeness (QED) is 0.862. The van der Waals surface area contributed by atoms with Gasteiger partial charge in [0.05, 0.1) is 0 Å². The van der Waals surface area contributed by atoms with Gasteiger partial charge in [-0.2, -0.15) is 0 Å². The first-order valence-electron chi connectivity index (χ1n) is 7.77. The van der Waals surface area contributed by atoms with Gasteiger partial charge in [-0.1, -0.05) is 12.1 Å². The Hall–Kier alpha value is -3.22. The molecule has 0 fully saturated rings. The number of nitrogens with one attached hydrogen (secondary N) is 1. The maximum absolute atomic E-state index is 12.5. The van der Waals surface area contributed by atoms with E-state index in [0.717, 1.165) is 0 Å². The van der Waals surface area contributed by atoms with Crippen LogP contribution in [0, 0.1) is 0 Å². The molecule has 7 nitrogen and oxygen atoms in total. The highest BCUT2D eigenvalue weighted by molar-refractivity contribution is 5.95. The van der Waals surface area contributed by atoms with Crippen LogP contribution in [0.5, 0.6) is 17.2 Å². The van der Waals surface area contributed by atoms with E-state index < -0.39 is 18.1 Å². The van der Waals surface area contributed by atoms with E-state index in [4.69, 9.17) is 19.9 Å². The monoisotopic (exact) mass is 342 g/mol. The Morgan fingerprint density at radius 2 is 1.72 bits per heavy atom. The fourth-order valence-electron chi connectivity index (χ4n) is 2.41. The number of fused-ring (bicyclic) bond motifs is 1. The molecule has 0 saturated heterocycles. The third-order valence-corrected chi connectivity index (χ3v) is 3.60. The van der Waals surface area contributed by atoms with E-state index >= 15 is 0 Å². The van der Waals surface area contributed by atoms with Crippen LogP contribution in [0.15, 0.2) is 48.5 Å². The summed E-state index contributed by atoms with van der Waals surface area (Å²) in [6.07, 6.45) is -1.19. The first kappa shape index (κ1) is 16.6. The maximum Gasteiger partial charge on any atom is 0.269 e. The van der Waals surface area contributed by atoms with Gasteiger partial charge in [0, 0.05) is 5.69 Å². The van der Waals surface area contributed by atoms with Crippen LogP contribution in [0.3, 0.4) is 0 Å². The summed E-state index contributed by atoms with van der Waals surface area (Å²) < 4.78 is 16.6. The van der Waals surface area contributed by atoms with E-state index in [2.05, 4.69) is 5.32 Å². The van der Waals surface area contributed by atoms with Gasteiger partial charge in [-0.3, -0.25) is 9.59 Å². The summed E-state index contributed by atoms with van der Waals surface area (Å²) in [5.41, 5.74) is 5.59. The molecular weight excluding hydrogens is 324 g/mol. The second-order valence-electron chi connectivity index (χ2n) is 5.58. The zero-order chi connectivity index (χ0) is 17.8. The van der Waals surface area contributed by atoms with E-state index in [9.17, 15) is 9.59 Å². The summed E-state index contributed by atoms with van der Waals surface area (Å²) in [4.78, 5) is 23.2. The molecule has 3 rings (SSSR count). The lowest BCUT2D eigenvalue weighted by Gasteiger charge is -2.31. The Kier molecular flexibility index (Phi) is 4.74. The lowest BCUT2D eigenvalue weighted by Crippen LogP contribution is -2.46. The zero-order valence-corrected chi connectivity index (χ0v) is 13.6. The number of amides is 2. The highest BCUT2D eigenvalue weighted by Crippen LogP contribution is 2.33. The number of anilines is 1. The summed E-state index contributed by atoms with van der Waals surface area (Å²) in [7, 11) is 0. The summed E-state index contributed by atoms with van der Waals surface area (Å²) >= 11 is 0. The molecule has 2 atom stereocenters. The fourth-order valence-corrected chi connectivity index (χ4v) is 2.41. The van der Waals surface area contributed by atoms with Gasteiger partial charge < -0.3 is 25.3 Å². The first-order chi connectivity index (χ1) is 12.0. The number of rotatable bonds is 5. The average molecular weight is 342 g/mol. The summed E-state index contributed by atoms with van der Waals surface area (Å²) in [5, 5.41) is 2.77. The van der Waals surface area contributed by atoms with Crippen molar-refractivity contribution in [1.82, 2.24) is 0 Å². The van der Waals surface area contributed by atoms with Crippen LogP contribution in [0.1, 0.15) is 6.92 Å². The van der Waals surface area contributed by atoms with E-state index in [-0.39, 0.29) is 12.5 Å². The number of hydrogen-bond donors (Lipinski definition) is 2. The third kappa shape index (κ3) is 4.00. The van der Waals surface area contributed by atoms with Gasteiger partial charge in [0.15, 0.2) is 18.1 Å². The Morgan fingerprint density at radius 3 is 2.36 bits per heavy atom. The predicted octanol–water partition coefficient (Wildman–Crippen LogP) is 1.72. The molecule has 0 bridgehead atoms. The summed E-state index contributed by atoms with van der Waals surface area (Å²) in [6.45, 7) is 1.58. The molecule has 7 heteroatoms. The van der Waals surface area contributed by atoms with Gasteiger partial charge in [0.25, 0.3) is 11.8 Å². The van der Waals surface area contributed by atoms with Crippen LogP contribution in [0.25, 0.3) is 0 Å². The standard InChI is InChI=1S/C18H18N2O5/c1-11-17(25-15-5-3-2-4-14(15)24-11)18(22)20-12-6-8-13(9-7-12)23-10-16(19)21/h2-9,11,17H,10H2,1H3,(H2,19,21)(H,20,22). The average Bonchev–Trinajstić information content (AvgIpc) is 2.60. The number of hydrogen-bond acceptors (Lipinski definition) is 5. The van der Waals surface area contributed by atoms with Crippen molar-refractivity contribution in [2.75, 3.05) is 11.9 Å². The van der Waals surface area contributed by atoms with Gasteiger partial charge in [-0.05, 0) is 43.3 Å². The number of nitrogens with two attached hydrogens (primary N) is 1. The highest BCUT2D eigenvalue weighted by atomic mass is 16.6. The Morgan fingerprint density at radius 1 is 1.08 bits per heavy atom. The van der Waals surface area contributed by atoms with Crippen LogP contribution < -0.4 is 25.3 Å². The Bertz CT molecular complexity index is 775. The van der Waals surface area contributed by atoms with E-state index in [0.29, 0.717) is 22.9 Å². The van der Waals surface area contributed by atoms with Crippen molar-refractivity contribution in [3.63, 3.8) is 0 Å². The minimum atomic E-state index is -0.763. The van der Waals surface area contributed by atoms with Crippen molar-refractivity contribution in [3.8, 4) is 17.2 Å². The second-order valence-corrected chi connectivity index (χ2v) is 5.58. The van der Waals surface area contributed by atoms with Gasteiger partial charge >= 0.3 is 0 Å². The number of para-hydroxylation sites is 2. The SMILES string of the molecule is CC1Oc2ccccc2OC1C(=O)Nc1ccc(OCC(N)=O)cc1. The second kappa shape index (κ2) is 7.12. The number of carbonyl (C=O) groups excluding carboxylic acids is 2. The van der Waals surface area contributed by atoms with Gasteiger partial charge in [0.2, 0.25) is 6.10 Å². The molecule has 0 spiro atoms. The van der Waals surface area contributed by atoms with Crippen LogP contribution in [0.4, 0.5) is 5.69 Å². The van der Waals surface area contributed by atoms with E-state index in [1.165, 1.54) is 0 Å². The molecule has 2 unspecified atom stereocenters. The molecule has 25 heavy (non-hydrogen) atoms. The van der Waals surface area contributed by atoms with Gasteiger partial charge in [-0.25, -0.2) is 0 Å². The van der Waals surface area contributed by atoms with Gasteiger partial charge in [-0.15, -0.1) is 0 Å². The predicted molar refractivity (Wildman–Crippen MR) is 90.7 cm³/mol. The van der Waals surface area contributed by atoms with Crippen LogP contribution in [0.2, 0.25) is 0 Å². The minimum absolute atomic E-state index is 0.199. The largest absolute Gasteiger partial charge is 0.484 e. The molecule has 1 aliphatic heterocycles. The van der Waals surface area contributed by atoms with E-state index in [1.54, 1.807) is 43.3 Å². The molecule has 130 valence electrons. The molecule has 0 radical (unpaired) electrons. The number of benzene rings is 2. The molecule has 2 aromatic carbocycles. The lowest BCUT2D eigenvalue weighted by atomic mass is 10.1. The molecule has 2 amide bonds. The molecule has 0 aromatic heterocycles. The van der Waals surface area contributed by atoms with Crippen molar-refractivity contribution in [3.05, 3.63) is 48.5 Å². The molecule has 0 aliphatic carbocycles. The highest BCUT2D eigenvalue weighted by Gasteiger charge is 2.34. The van der Waals surface area contributed by atoms with Crippen molar-refractivity contribution >= 4 is 17.5 Å². The molecule has 3 N–H and O–H groups in total. The molecule has 1 heterocycles. The molecule has 2 aromatic rings. The van der Waals surface area contributed by atoms with Crippen LogP contribution in [-0.4, -0.2) is 30.6 Å². The van der Waals surface area contributed by atoms with Crippen LogP contribution >= 0.6 is 0 Å². The van der Waals surface area contributed by atoms with Crippen molar-refractivity contribution < 1.29 is 23.8 Å². The summed E-state index contributed by atoms with van der Waals surface area (Å²) in [6, 6.07) is 13.8. The number of carbonyl (C=O) groups is 2. The third-order valence-electron chi connectivity index (χ3n) is 3.60. The molecular formula is C18H18N2O5. The normalized spacial score (nSPS) is 18.3. The summed E-state index contributed by atoms with van der Waals surface area (Å²) in [5.74, 6) is 0.774. The van der Waals surface area contributed by atoms with Crippen molar-refractivity contribution in [2.45, 2.75) is 19.1 Å². The fraction of sp³-hybridized carbons (Fsp3) is 0.222. The first-order valence-corrected chi connectivity index (χ1v) is 7.77. The minimum Gasteiger partial charge on any atom is -0.484 e. The Labute approximate surface area is 144 Å². The molecule has 1 aliphatic rings. The zero-order valence-electron chi connectivity index (χ0n) is 13.6. The Balaban J connectivity index is 1.63. The van der Waals surface area contributed by atoms with Gasteiger partial charge in [0.1, 0.15) is 11.9 Å². The number of ether oxygens (including phenoxy) is 3. The number of primary amides is 1. The lowest BCUT2D eigenvalue weighted by molar-refractivity contribution is -0.128. The maximum atomic E-state index is 12.5. The molecule has 0 saturated carbocycles. The smallest absolute Gasteiger partial charge is 0.269 e.